The van der Waals surface area contributed by atoms with Gasteiger partial charge in [-0.25, -0.2) is 9.37 Å². The van der Waals surface area contributed by atoms with Crippen LogP contribution in [-0.2, 0) is 12.0 Å². The van der Waals surface area contributed by atoms with E-state index in [0.717, 1.165) is 16.8 Å². The summed E-state index contributed by atoms with van der Waals surface area (Å²) in [6.45, 7) is 0. The van der Waals surface area contributed by atoms with E-state index in [9.17, 15) is 9.50 Å². The molecule has 0 saturated carbocycles. The van der Waals surface area contributed by atoms with Gasteiger partial charge in [-0.05, 0) is 71.3 Å². The lowest BCUT2D eigenvalue weighted by Crippen LogP contribution is -2.29. The van der Waals surface area contributed by atoms with Crippen molar-refractivity contribution >= 4 is 22.5 Å². The number of benzene rings is 3. The second-order valence-corrected chi connectivity index (χ2v) is 9.92. The molecule has 0 spiro atoms. The van der Waals surface area contributed by atoms with Gasteiger partial charge in [0.25, 0.3) is 0 Å². The molecule has 6 rings (SSSR count). The third kappa shape index (κ3) is 4.62. The van der Waals surface area contributed by atoms with Crippen molar-refractivity contribution in [1.82, 2.24) is 14.5 Å². The Morgan fingerprint density at radius 3 is 2.35 bits per heavy atom. The average Bonchev–Trinajstić information content (AvgIpc) is 3.54. The van der Waals surface area contributed by atoms with Crippen molar-refractivity contribution in [3.05, 3.63) is 154 Å². The van der Waals surface area contributed by atoms with E-state index in [4.69, 9.17) is 21.3 Å². The topological polar surface area (TPSA) is 60.2 Å². The second kappa shape index (κ2) is 10.6. The normalized spacial score (nSPS) is 12.8. The molecule has 1 N–H and O–H groups in total. The average molecular weight is 550 g/mol. The Kier molecular flexibility index (Phi) is 6.80. The van der Waals surface area contributed by atoms with E-state index in [1.807, 2.05) is 29.1 Å². The molecule has 0 aliphatic carbocycles. The molecule has 0 bridgehead atoms. The summed E-state index contributed by atoms with van der Waals surface area (Å²) < 4.78 is 22.0. The van der Waals surface area contributed by atoms with Crippen LogP contribution in [0, 0.1) is 5.82 Å². The van der Waals surface area contributed by atoms with Crippen molar-refractivity contribution in [2.24, 2.45) is 0 Å². The fourth-order valence-electron chi connectivity index (χ4n) is 5.08. The molecule has 7 heteroatoms. The van der Waals surface area contributed by atoms with Crippen molar-refractivity contribution in [3.8, 4) is 11.6 Å². The molecule has 0 radical (unpaired) electrons. The first-order valence-electron chi connectivity index (χ1n) is 12.7. The van der Waals surface area contributed by atoms with Gasteiger partial charge in [-0.1, -0.05) is 48.0 Å². The zero-order valence-corrected chi connectivity index (χ0v) is 22.4. The van der Waals surface area contributed by atoms with Gasteiger partial charge < -0.3 is 14.4 Å². The van der Waals surface area contributed by atoms with E-state index in [-0.39, 0.29) is 0 Å². The third-order valence-electron chi connectivity index (χ3n) is 7.13. The number of aliphatic hydroxyl groups is 1. The van der Waals surface area contributed by atoms with Gasteiger partial charge in [0.2, 0.25) is 5.88 Å². The maximum absolute atomic E-state index is 14.3. The molecule has 0 aliphatic heterocycles. The van der Waals surface area contributed by atoms with Crippen LogP contribution in [0.4, 0.5) is 4.39 Å². The van der Waals surface area contributed by atoms with Gasteiger partial charge >= 0.3 is 0 Å². The Morgan fingerprint density at radius 2 is 1.65 bits per heavy atom. The molecule has 0 amide bonds. The Hall–Kier alpha value is -4.52. The van der Waals surface area contributed by atoms with Crippen LogP contribution >= 0.6 is 11.6 Å². The highest BCUT2D eigenvalue weighted by Crippen LogP contribution is 2.40. The number of ether oxygens (including phenoxy) is 1. The number of methoxy groups -OCH3 is 1. The van der Waals surface area contributed by atoms with Crippen LogP contribution < -0.4 is 4.74 Å². The van der Waals surface area contributed by atoms with E-state index in [0.29, 0.717) is 44.9 Å². The van der Waals surface area contributed by atoms with E-state index >= 15 is 0 Å². The Labute approximate surface area is 236 Å². The number of halogens is 2. The highest BCUT2D eigenvalue weighted by atomic mass is 35.5. The van der Waals surface area contributed by atoms with Crippen LogP contribution in [0.25, 0.3) is 16.6 Å². The summed E-state index contributed by atoms with van der Waals surface area (Å²) in [6.07, 6.45) is 7.69. The quantitative estimate of drug-likeness (QED) is 0.231. The molecule has 3 heterocycles. The molecular formula is C33H25ClFN3O2. The third-order valence-corrected chi connectivity index (χ3v) is 7.56. The summed E-state index contributed by atoms with van der Waals surface area (Å²) in [6, 6.07) is 27.0. The molecule has 0 fully saturated rings. The second-order valence-electron chi connectivity index (χ2n) is 9.54. The minimum atomic E-state index is -1.68. The molecule has 0 aliphatic rings. The Morgan fingerprint density at radius 1 is 0.900 bits per heavy atom. The predicted octanol–water partition coefficient (Wildman–Crippen LogP) is 7.10. The summed E-state index contributed by atoms with van der Waals surface area (Å²) in [7, 11) is 1.57. The van der Waals surface area contributed by atoms with Crippen LogP contribution in [-0.4, -0.2) is 26.8 Å². The summed E-state index contributed by atoms with van der Waals surface area (Å²) in [5.74, 6) is -0.0116. The van der Waals surface area contributed by atoms with Crippen molar-refractivity contribution in [2.45, 2.75) is 12.0 Å². The molecular weight excluding hydrogens is 525 g/mol. The fraction of sp³-hybridized carbons (Fsp3) is 0.0909. The smallest absolute Gasteiger partial charge is 0.218 e. The zero-order chi connectivity index (χ0) is 27.7. The van der Waals surface area contributed by atoms with Crippen LogP contribution in [0.3, 0.4) is 0 Å². The monoisotopic (exact) mass is 549 g/mol. The lowest BCUT2D eigenvalue weighted by molar-refractivity contribution is 0.125. The number of hydrogen-bond acceptors (Lipinski definition) is 4. The number of fused-ring (bicyclic) bond motifs is 1. The van der Waals surface area contributed by atoms with Crippen molar-refractivity contribution in [2.75, 3.05) is 7.11 Å². The molecule has 5 nitrogen and oxygen atoms in total. The van der Waals surface area contributed by atoms with Gasteiger partial charge in [0.15, 0.2) is 0 Å². The lowest BCUT2D eigenvalue weighted by atomic mass is 9.80. The van der Waals surface area contributed by atoms with Gasteiger partial charge in [0, 0.05) is 53.4 Å². The van der Waals surface area contributed by atoms with Gasteiger partial charge in [0.05, 0.1) is 17.6 Å². The summed E-state index contributed by atoms with van der Waals surface area (Å²) in [4.78, 5) is 8.93. The van der Waals surface area contributed by atoms with Gasteiger partial charge in [-0.3, -0.25) is 4.98 Å². The largest absolute Gasteiger partial charge is 0.481 e. The molecule has 198 valence electrons. The molecule has 1 unspecified atom stereocenters. The van der Waals surface area contributed by atoms with Crippen molar-refractivity contribution in [1.29, 1.82) is 0 Å². The SMILES string of the molecule is COc1nc2ccc(C(O)(c3cccnc3)c3cccc(F)c3)cc2c(Cl)c1Cc1ccc(-n2cccc2)cc1. The molecule has 1 atom stereocenters. The zero-order valence-electron chi connectivity index (χ0n) is 21.6. The number of rotatable bonds is 7. The molecule has 6 aromatic rings. The summed E-state index contributed by atoms with van der Waals surface area (Å²) in [5.41, 5.74) is 3.15. The van der Waals surface area contributed by atoms with E-state index in [1.54, 1.807) is 62.0 Å². The lowest BCUT2D eigenvalue weighted by Gasteiger charge is -2.30. The molecule has 3 aromatic heterocycles. The van der Waals surface area contributed by atoms with Crippen LogP contribution in [0.2, 0.25) is 5.02 Å². The molecule has 3 aromatic carbocycles. The first-order chi connectivity index (χ1) is 19.5. The Bertz CT molecular complexity index is 1790. The van der Waals surface area contributed by atoms with E-state index < -0.39 is 11.4 Å². The van der Waals surface area contributed by atoms with Crippen LogP contribution in [0.1, 0.15) is 27.8 Å². The van der Waals surface area contributed by atoms with Crippen molar-refractivity contribution in [3.63, 3.8) is 0 Å². The van der Waals surface area contributed by atoms with Crippen LogP contribution in [0.5, 0.6) is 5.88 Å². The van der Waals surface area contributed by atoms with E-state index in [2.05, 4.69) is 29.2 Å². The van der Waals surface area contributed by atoms with Crippen molar-refractivity contribution < 1.29 is 14.2 Å². The summed E-state index contributed by atoms with van der Waals surface area (Å²) >= 11 is 7.05. The number of hydrogen-bond donors (Lipinski definition) is 1. The molecule has 0 saturated heterocycles. The summed E-state index contributed by atoms with van der Waals surface area (Å²) in [5, 5.41) is 13.3. The maximum Gasteiger partial charge on any atom is 0.218 e. The number of nitrogens with zero attached hydrogens (tertiary/aromatic N) is 3. The van der Waals surface area contributed by atoms with Gasteiger partial charge in [0.1, 0.15) is 11.4 Å². The first kappa shape index (κ1) is 25.7. The molecule has 40 heavy (non-hydrogen) atoms. The number of pyridine rings is 2. The maximum atomic E-state index is 14.3. The fourth-order valence-corrected chi connectivity index (χ4v) is 5.38. The van der Waals surface area contributed by atoms with Gasteiger partial charge in [-0.2, -0.15) is 0 Å². The number of aromatic nitrogens is 3. The standard InChI is InChI=1S/C33H25ClFN3O2/c1-40-32-29(18-22-9-12-27(13-10-22)38-16-2-3-17-38)31(34)28-20-24(11-14-30(28)37-32)33(39,25-7-5-15-36-21-25)23-6-4-8-26(35)19-23/h2-17,19-21,39H,18H2,1H3. The predicted molar refractivity (Wildman–Crippen MR) is 155 cm³/mol. The highest BCUT2D eigenvalue weighted by Gasteiger charge is 2.35. The minimum Gasteiger partial charge on any atom is -0.481 e. The highest BCUT2D eigenvalue weighted by molar-refractivity contribution is 6.36. The van der Waals surface area contributed by atoms with E-state index in [1.165, 1.54) is 12.1 Å². The van der Waals surface area contributed by atoms with Crippen LogP contribution in [0.15, 0.2) is 116 Å². The first-order valence-corrected chi connectivity index (χ1v) is 13.1. The minimum absolute atomic E-state index is 0.375. The van der Waals surface area contributed by atoms with Gasteiger partial charge in [-0.15, -0.1) is 0 Å². The Balaban J connectivity index is 1.46.